The van der Waals surface area contributed by atoms with Crippen molar-refractivity contribution in [1.29, 1.82) is 0 Å². The van der Waals surface area contributed by atoms with Crippen LogP contribution in [0.25, 0.3) is 0 Å². The van der Waals surface area contributed by atoms with E-state index in [0.29, 0.717) is 0 Å². The number of hydrogen-bond acceptors (Lipinski definition) is 1. The first-order valence-corrected chi connectivity index (χ1v) is 4.67. The number of hydrogen-bond donors (Lipinski definition) is 0. The summed E-state index contributed by atoms with van der Waals surface area (Å²) < 4.78 is 0. The second kappa shape index (κ2) is 12.8. The molecular formula is C11H21N. The van der Waals surface area contributed by atoms with E-state index in [2.05, 4.69) is 18.8 Å². The maximum absolute atomic E-state index is 3.85. The van der Waals surface area contributed by atoms with Gasteiger partial charge >= 0.3 is 0 Å². The van der Waals surface area contributed by atoms with Gasteiger partial charge in [0, 0.05) is 12.4 Å². The summed E-state index contributed by atoms with van der Waals surface area (Å²) in [6, 6.07) is 3.94. The van der Waals surface area contributed by atoms with Gasteiger partial charge in [0.05, 0.1) is 0 Å². The van der Waals surface area contributed by atoms with Crippen molar-refractivity contribution in [3.05, 3.63) is 30.1 Å². The molecule has 1 nitrogen and oxygen atoms in total. The van der Waals surface area contributed by atoms with Gasteiger partial charge in [0.1, 0.15) is 0 Å². The number of nitrogens with zero attached hydrogens (tertiary/aromatic N) is 1. The number of aryl methyl sites for hydroxylation is 1. The van der Waals surface area contributed by atoms with Gasteiger partial charge in [-0.05, 0) is 24.6 Å². The van der Waals surface area contributed by atoms with Crippen LogP contribution in [0.3, 0.4) is 0 Å². The van der Waals surface area contributed by atoms with Crippen molar-refractivity contribution in [2.24, 2.45) is 0 Å². The highest BCUT2D eigenvalue weighted by molar-refractivity contribution is 5.05. The van der Waals surface area contributed by atoms with Gasteiger partial charge in [-0.15, -0.1) is 0 Å². The summed E-state index contributed by atoms with van der Waals surface area (Å²) in [4.78, 5) is 3.85. The molecule has 0 fully saturated rings. The van der Waals surface area contributed by atoms with Gasteiger partial charge in [0.2, 0.25) is 0 Å². The van der Waals surface area contributed by atoms with Crippen molar-refractivity contribution in [1.82, 2.24) is 4.98 Å². The molecule has 0 saturated carbocycles. The fourth-order valence-corrected chi connectivity index (χ4v) is 0.426. The zero-order chi connectivity index (χ0) is 9.82. The lowest BCUT2D eigenvalue weighted by Gasteiger charge is -1.82. The summed E-state index contributed by atoms with van der Waals surface area (Å²) in [7, 11) is 0. The molecule has 0 unspecified atom stereocenters. The maximum Gasteiger partial charge on any atom is 0.0270 e. The number of pyridine rings is 1. The molecule has 1 aromatic rings. The molecule has 1 rings (SSSR count). The van der Waals surface area contributed by atoms with E-state index in [9.17, 15) is 0 Å². The van der Waals surface area contributed by atoms with Gasteiger partial charge in [0.15, 0.2) is 0 Å². The van der Waals surface area contributed by atoms with E-state index < -0.39 is 0 Å². The Labute approximate surface area is 76.9 Å². The molecule has 0 aromatic carbocycles. The zero-order valence-electron chi connectivity index (χ0n) is 8.96. The third-order valence-corrected chi connectivity index (χ3v) is 0.847. The summed E-state index contributed by atoms with van der Waals surface area (Å²) in [6.07, 6.45) is 4.82. The first-order chi connectivity index (χ1) is 5.81. The molecule has 0 N–H and O–H groups in total. The minimum absolute atomic E-state index is 1.25. The van der Waals surface area contributed by atoms with Crippen LogP contribution in [0.5, 0.6) is 0 Å². The normalized spacial score (nSPS) is 7.08. The summed E-state index contributed by atoms with van der Waals surface area (Å²) in [5.41, 5.74) is 1.26. The van der Waals surface area contributed by atoms with Crippen molar-refractivity contribution in [2.75, 3.05) is 0 Å². The van der Waals surface area contributed by atoms with E-state index in [4.69, 9.17) is 0 Å². The third kappa shape index (κ3) is 11.9. The molecule has 0 saturated heterocycles. The monoisotopic (exact) mass is 167 g/mol. The lowest BCUT2D eigenvalue weighted by atomic mass is 10.3. The predicted molar refractivity (Wildman–Crippen MR) is 56.3 cm³/mol. The largest absolute Gasteiger partial charge is 0.265 e. The third-order valence-electron chi connectivity index (χ3n) is 0.847. The van der Waals surface area contributed by atoms with E-state index in [-0.39, 0.29) is 0 Å². The predicted octanol–water partition coefficient (Wildman–Crippen LogP) is 3.83. The van der Waals surface area contributed by atoms with Gasteiger partial charge in [-0.1, -0.05) is 34.1 Å². The molecule has 0 aliphatic rings. The fraction of sp³-hybridized carbons (Fsp3) is 0.545. The van der Waals surface area contributed by atoms with Crippen LogP contribution in [0.4, 0.5) is 0 Å². The molecule has 0 aliphatic carbocycles. The highest BCUT2D eigenvalue weighted by atomic mass is 14.6. The highest BCUT2D eigenvalue weighted by Gasteiger charge is 1.72. The molecule has 0 radical (unpaired) electrons. The van der Waals surface area contributed by atoms with Crippen LogP contribution in [-0.2, 0) is 0 Å². The Bertz CT molecular complexity index is 146. The molecule has 0 bridgehead atoms. The van der Waals surface area contributed by atoms with Crippen molar-refractivity contribution in [3.8, 4) is 0 Å². The Kier molecular flexibility index (Phi) is 14.6. The standard InChI is InChI=1S/C6H7N.C3H8.C2H6/c1-6-2-4-7-5-3-6;1-3-2;1-2/h2-5H,1H3;3H2,1-2H3;1-2H3. The molecule has 1 aromatic heterocycles. The van der Waals surface area contributed by atoms with Gasteiger partial charge in [-0.3, -0.25) is 4.98 Å². The van der Waals surface area contributed by atoms with Crippen LogP contribution in [0, 0.1) is 6.92 Å². The fourth-order valence-electron chi connectivity index (χ4n) is 0.426. The Morgan fingerprint density at radius 3 is 1.58 bits per heavy atom. The van der Waals surface area contributed by atoms with Crippen LogP contribution in [0.15, 0.2) is 24.5 Å². The molecule has 0 amide bonds. The summed E-state index contributed by atoms with van der Waals surface area (Å²) >= 11 is 0. The van der Waals surface area contributed by atoms with E-state index in [1.54, 1.807) is 12.4 Å². The quantitative estimate of drug-likeness (QED) is 0.572. The molecule has 12 heavy (non-hydrogen) atoms. The van der Waals surface area contributed by atoms with Crippen LogP contribution in [0.1, 0.15) is 39.7 Å². The van der Waals surface area contributed by atoms with Crippen LogP contribution in [-0.4, -0.2) is 4.98 Å². The first-order valence-electron chi connectivity index (χ1n) is 4.67. The smallest absolute Gasteiger partial charge is 0.0270 e. The average Bonchev–Trinajstić information content (AvgIpc) is 2.11. The van der Waals surface area contributed by atoms with Gasteiger partial charge in [0.25, 0.3) is 0 Å². The summed E-state index contributed by atoms with van der Waals surface area (Å²) in [6.45, 7) is 10.3. The molecule has 70 valence electrons. The van der Waals surface area contributed by atoms with E-state index >= 15 is 0 Å². The Hall–Kier alpha value is -0.850. The van der Waals surface area contributed by atoms with Crippen molar-refractivity contribution in [3.63, 3.8) is 0 Å². The van der Waals surface area contributed by atoms with Gasteiger partial charge in [-0.25, -0.2) is 0 Å². The van der Waals surface area contributed by atoms with Gasteiger partial charge < -0.3 is 0 Å². The molecule has 1 heterocycles. The van der Waals surface area contributed by atoms with E-state index in [1.165, 1.54) is 12.0 Å². The Morgan fingerprint density at radius 2 is 1.42 bits per heavy atom. The minimum Gasteiger partial charge on any atom is -0.265 e. The van der Waals surface area contributed by atoms with Gasteiger partial charge in [-0.2, -0.15) is 0 Å². The van der Waals surface area contributed by atoms with Crippen LogP contribution >= 0.6 is 0 Å². The second-order valence-corrected chi connectivity index (χ2v) is 2.23. The van der Waals surface area contributed by atoms with Crippen molar-refractivity contribution >= 4 is 0 Å². The average molecular weight is 167 g/mol. The highest BCUT2D eigenvalue weighted by Crippen LogP contribution is 1.88. The summed E-state index contributed by atoms with van der Waals surface area (Å²) in [5.74, 6) is 0. The SMILES string of the molecule is CC.CCC.Cc1ccncc1. The summed E-state index contributed by atoms with van der Waals surface area (Å²) in [5, 5.41) is 0. The first kappa shape index (κ1) is 13.7. The molecule has 1 heteroatoms. The zero-order valence-corrected chi connectivity index (χ0v) is 8.96. The Balaban J connectivity index is 0. The van der Waals surface area contributed by atoms with E-state index in [0.717, 1.165) is 0 Å². The van der Waals surface area contributed by atoms with Crippen LogP contribution in [0.2, 0.25) is 0 Å². The Morgan fingerprint density at radius 1 is 1.08 bits per heavy atom. The topological polar surface area (TPSA) is 12.9 Å². The minimum atomic E-state index is 1.25. The lowest BCUT2D eigenvalue weighted by Crippen LogP contribution is -1.68. The van der Waals surface area contributed by atoms with Crippen molar-refractivity contribution in [2.45, 2.75) is 41.0 Å². The second-order valence-electron chi connectivity index (χ2n) is 2.23. The van der Waals surface area contributed by atoms with Crippen molar-refractivity contribution < 1.29 is 0 Å². The van der Waals surface area contributed by atoms with Crippen LogP contribution < -0.4 is 0 Å². The number of rotatable bonds is 0. The maximum atomic E-state index is 3.85. The lowest BCUT2D eigenvalue weighted by molar-refractivity contribution is 1.09. The number of aromatic nitrogens is 1. The molecule has 0 atom stereocenters. The van der Waals surface area contributed by atoms with E-state index in [1.807, 2.05) is 32.9 Å². The molecular weight excluding hydrogens is 146 g/mol. The molecule has 0 aliphatic heterocycles. The molecule has 0 spiro atoms.